The molecule has 0 saturated heterocycles. The van der Waals surface area contributed by atoms with Crippen LogP contribution in [0, 0.1) is 29.6 Å². The zero-order valence-electron chi connectivity index (χ0n) is 17.7. The SMILES string of the molecule is CCC(=O)OC(C)C(Nc1ccc(C#N)c(Cl)c1C)c1nnc(-c2ccc(C#N)cc2)o1. The van der Waals surface area contributed by atoms with E-state index in [2.05, 4.69) is 21.6 Å². The van der Waals surface area contributed by atoms with Crippen molar-refractivity contribution in [2.24, 2.45) is 0 Å². The number of aromatic nitrogens is 2. The highest BCUT2D eigenvalue weighted by Gasteiger charge is 2.29. The van der Waals surface area contributed by atoms with E-state index in [9.17, 15) is 10.1 Å². The van der Waals surface area contributed by atoms with E-state index in [-0.39, 0.29) is 24.2 Å². The van der Waals surface area contributed by atoms with Crippen LogP contribution in [-0.2, 0) is 9.53 Å². The summed E-state index contributed by atoms with van der Waals surface area (Å²) in [6.45, 7) is 5.20. The number of rotatable bonds is 7. The Kier molecular flexibility index (Phi) is 7.09. The van der Waals surface area contributed by atoms with Gasteiger partial charge in [0, 0.05) is 17.7 Å². The second kappa shape index (κ2) is 9.95. The standard InChI is InChI=1S/C23H20ClN5O3/c1-4-19(30)31-14(3)21(27-18-10-9-17(12-26)20(24)13(18)2)23-29-28-22(32-23)16-7-5-15(11-25)6-8-16/h5-10,14,21,27H,4H2,1-3H3. The van der Waals surface area contributed by atoms with Crippen molar-refractivity contribution in [2.45, 2.75) is 39.3 Å². The smallest absolute Gasteiger partial charge is 0.305 e. The molecule has 0 amide bonds. The molecule has 0 radical (unpaired) electrons. The molecule has 32 heavy (non-hydrogen) atoms. The monoisotopic (exact) mass is 449 g/mol. The van der Waals surface area contributed by atoms with Crippen LogP contribution in [0.3, 0.4) is 0 Å². The molecule has 3 rings (SSSR count). The molecule has 2 aromatic carbocycles. The van der Waals surface area contributed by atoms with Crippen molar-refractivity contribution in [1.29, 1.82) is 10.5 Å². The van der Waals surface area contributed by atoms with E-state index in [0.717, 1.165) is 0 Å². The number of anilines is 1. The molecule has 8 nitrogen and oxygen atoms in total. The molecule has 162 valence electrons. The number of carbonyl (C=O) groups is 1. The first-order valence-electron chi connectivity index (χ1n) is 9.87. The van der Waals surface area contributed by atoms with Crippen molar-refractivity contribution in [3.63, 3.8) is 0 Å². The minimum absolute atomic E-state index is 0.209. The predicted molar refractivity (Wildman–Crippen MR) is 118 cm³/mol. The fraction of sp³-hybridized carbons (Fsp3) is 0.261. The Balaban J connectivity index is 1.96. The van der Waals surface area contributed by atoms with E-state index < -0.39 is 12.1 Å². The Hall–Kier alpha value is -3.88. The third-order valence-corrected chi connectivity index (χ3v) is 5.35. The molecule has 0 bridgehead atoms. The highest BCUT2D eigenvalue weighted by Crippen LogP contribution is 2.32. The van der Waals surface area contributed by atoms with Crippen molar-refractivity contribution in [1.82, 2.24) is 10.2 Å². The van der Waals surface area contributed by atoms with Crippen molar-refractivity contribution in [2.75, 3.05) is 5.32 Å². The summed E-state index contributed by atoms with van der Waals surface area (Å²) in [7, 11) is 0. The van der Waals surface area contributed by atoms with Crippen LogP contribution < -0.4 is 5.32 Å². The lowest BCUT2D eigenvalue weighted by Crippen LogP contribution is -2.28. The third kappa shape index (κ3) is 4.88. The number of ether oxygens (including phenoxy) is 1. The molecule has 1 N–H and O–H groups in total. The molecule has 2 unspecified atom stereocenters. The molecule has 0 aliphatic heterocycles. The van der Waals surface area contributed by atoms with Crippen LogP contribution in [0.15, 0.2) is 40.8 Å². The first-order valence-corrected chi connectivity index (χ1v) is 10.2. The summed E-state index contributed by atoms with van der Waals surface area (Å²) in [5.41, 5.74) is 2.82. The van der Waals surface area contributed by atoms with Gasteiger partial charge in [-0.15, -0.1) is 10.2 Å². The van der Waals surface area contributed by atoms with Gasteiger partial charge in [-0.3, -0.25) is 4.79 Å². The molecule has 0 fully saturated rings. The van der Waals surface area contributed by atoms with Gasteiger partial charge in [0.15, 0.2) is 0 Å². The zero-order valence-corrected chi connectivity index (χ0v) is 18.5. The van der Waals surface area contributed by atoms with Crippen LogP contribution in [0.5, 0.6) is 0 Å². The number of nitrogens with zero attached hydrogens (tertiary/aromatic N) is 4. The minimum atomic E-state index is -0.673. The molecule has 1 aromatic heterocycles. The summed E-state index contributed by atoms with van der Waals surface area (Å²) in [4.78, 5) is 11.9. The van der Waals surface area contributed by atoms with Crippen molar-refractivity contribution in [3.05, 3.63) is 64.0 Å². The number of benzene rings is 2. The van der Waals surface area contributed by atoms with Crippen molar-refractivity contribution >= 4 is 23.3 Å². The number of esters is 1. The summed E-state index contributed by atoms with van der Waals surface area (Å²) < 4.78 is 11.4. The van der Waals surface area contributed by atoms with Crippen LogP contribution in [0.1, 0.15) is 48.9 Å². The van der Waals surface area contributed by atoms with Gasteiger partial charge in [0.1, 0.15) is 18.2 Å². The van der Waals surface area contributed by atoms with Gasteiger partial charge < -0.3 is 14.5 Å². The Morgan fingerprint density at radius 3 is 2.53 bits per heavy atom. The van der Waals surface area contributed by atoms with Gasteiger partial charge >= 0.3 is 5.97 Å². The molecule has 0 spiro atoms. The molecule has 9 heteroatoms. The van der Waals surface area contributed by atoms with Gasteiger partial charge in [-0.25, -0.2) is 0 Å². The van der Waals surface area contributed by atoms with Gasteiger partial charge in [-0.2, -0.15) is 10.5 Å². The first-order chi connectivity index (χ1) is 15.4. The van der Waals surface area contributed by atoms with Crippen LogP contribution in [0.4, 0.5) is 5.69 Å². The van der Waals surface area contributed by atoms with E-state index in [1.54, 1.807) is 57.2 Å². The first kappa shape index (κ1) is 22.8. The Labute approximate surface area is 190 Å². The fourth-order valence-electron chi connectivity index (χ4n) is 3.00. The van der Waals surface area contributed by atoms with Crippen LogP contribution in [0.25, 0.3) is 11.5 Å². The lowest BCUT2D eigenvalue weighted by molar-refractivity contribution is -0.148. The van der Waals surface area contributed by atoms with E-state index >= 15 is 0 Å². The number of nitrogens with one attached hydrogen (secondary N) is 1. The second-order valence-electron chi connectivity index (χ2n) is 7.02. The Morgan fingerprint density at radius 1 is 1.19 bits per heavy atom. The average molecular weight is 450 g/mol. The zero-order chi connectivity index (χ0) is 23.3. The molecule has 1 heterocycles. The van der Waals surface area contributed by atoms with Gasteiger partial charge in [-0.1, -0.05) is 18.5 Å². The maximum Gasteiger partial charge on any atom is 0.305 e. The van der Waals surface area contributed by atoms with Crippen molar-refractivity contribution < 1.29 is 13.9 Å². The van der Waals surface area contributed by atoms with Crippen molar-refractivity contribution in [3.8, 4) is 23.6 Å². The Bertz CT molecular complexity index is 1210. The number of halogens is 1. The molecule has 0 aliphatic carbocycles. The van der Waals surface area contributed by atoms with Crippen LogP contribution >= 0.6 is 11.6 Å². The quantitative estimate of drug-likeness (QED) is 0.503. The number of carbonyl (C=O) groups excluding carboxylic acids is 1. The predicted octanol–water partition coefficient (Wildman–Crippen LogP) is 4.94. The normalized spacial score (nSPS) is 12.3. The molecule has 0 saturated carbocycles. The minimum Gasteiger partial charge on any atom is -0.460 e. The summed E-state index contributed by atoms with van der Waals surface area (Å²) in [5, 5.41) is 30.0. The number of nitriles is 2. The van der Waals surface area contributed by atoms with Crippen LogP contribution in [0.2, 0.25) is 5.02 Å². The van der Waals surface area contributed by atoms with Gasteiger partial charge in [0.2, 0.25) is 11.8 Å². The Morgan fingerprint density at radius 2 is 1.91 bits per heavy atom. The molecule has 2 atom stereocenters. The second-order valence-corrected chi connectivity index (χ2v) is 7.39. The maximum absolute atomic E-state index is 11.9. The topological polar surface area (TPSA) is 125 Å². The van der Waals surface area contributed by atoms with E-state index in [4.69, 9.17) is 26.0 Å². The number of hydrogen-bond donors (Lipinski definition) is 1. The summed E-state index contributed by atoms with van der Waals surface area (Å²) in [6.07, 6.45) is -0.426. The lowest BCUT2D eigenvalue weighted by atomic mass is 10.1. The van der Waals surface area contributed by atoms with Crippen LogP contribution in [-0.4, -0.2) is 22.3 Å². The van der Waals surface area contributed by atoms with Gasteiger partial charge in [-0.05, 0) is 55.8 Å². The highest BCUT2D eigenvalue weighted by atomic mass is 35.5. The lowest BCUT2D eigenvalue weighted by Gasteiger charge is -2.24. The van der Waals surface area contributed by atoms with E-state index in [0.29, 0.717) is 33.0 Å². The van der Waals surface area contributed by atoms with Gasteiger partial charge in [0.25, 0.3) is 0 Å². The maximum atomic E-state index is 11.9. The number of hydrogen-bond acceptors (Lipinski definition) is 8. The third-order valence-electron chi connectivity index (χ3n) is 4.86. The summed E-state index contributed by atoms with van der Waals surface area (Å²) >= 11 is 6.30. The summed E-state index contributed by atoms with van der Waals surface area (Å²) in [6, 6.07) is 13.5. The largest absolute Gasteiger partial charge is 0.460 e. The van der Waals surface area contributed by atoms with E-state index in [1.807, 2.05) is 6.07 Å². The average Bonchev–Trinajstić information content (AvgIpc) is 3.29. The summed E-state index contributed by atoms with van der Waals surface area (Å²) in [5.74, 6) is 0.103. The van der Waals surface area contributed by atoms with Gasteiger partial charge in [0.05, 0.1) is 22.2 Å². The molecular formula is C23H20ClN5O3. The molecule has 0 aliphatic rings. The fourth-order valence-corrected chi connectivity index (χ4v) is 3.21. The van der Waals surface area contributed by atoms with E-state index in [1.165, 1.54) is 0 Å². The molecule has 3 aromatic rings. The highest BCUT2D eigenvalue weighted by molar-refractivity contribution is 6.32. The molecular weight excluding hydrogens is 430 g/mol.